The van der Waals surface area contributed by atoms with Crippen LogP contribution in [0, 0.1) is 0 Å². The Bertz CT molecular complexity index is 3730. The van der Waals surface area contributed by atoms with Crippen LogP contribution in [0.5, 0.6) is 5.75 Å². The average Bonchev–Trinajstić information content (AvgIpc) is 4.34. The van der Waals surface area contributed by atoms with Gasteiger partial charge in [-0.2, -0.15) is 0 Å². The third-order valence-corrected chi connectivity index (χ3v) is 15.4. The smallest absolute Gasteiger partial charge is 0.289 e. The highest BCUT2D eigenvalue weighted by Crippen LogP contribution is 2.36. The van der Waals surface area contributed by atoms with Crippen molar-refractivity contribution in [1.82, 2.24) is 53.2 Å². The predicted octanol–water partition coefficient (Wildman–Crippen LogP) is 0.979. The first kappa shape index (κ1) is 54.6. The van der Waals surface area contributed by atoms with Crippen LogP contribution in [0.25, 0.3) is 38.4 Å². The number of ether oxygens (including phenoxy) is 2. The number of nitrogens with zero attached hydrogens (tertiary/aromatic N) is 8. The second-order valence-corrected chi connectivity index (χ2v) is 20.7. The lowest BCUT2D eigenvalue weighted by Crippen LogP contribution is -2.38. The first-order chi connectivity index (χ1) is 37.5. The molecule has 3 aliphatic heterocycles. The van der Waals surface area contributed by atoms with Crippen LogP contribution in [0.1, 0.15) is 90.1 Å². The number of anilines is 2. The van der Waals surface area contributed by atoms with Crippen LogP contribution in [0.4, 0.5) is 11.6 Å². The number of benzene rings is 2. The number of aromatic hydroxyl groups is 1. The van der Waals surface area contributed by atoms with Gasteiger partial charge in [-0.25, -0.2) is 47.3 Å². The van der Waals surface area contributed by atoms with Gasteiger partial charge in [0.1, 0.15) is 51.8 Å². The van der Waals surface area contributed by atoms with Gasteiger partial charge in [0.25, 0.3) is 21.8 Å². The minimum absolute atomic E-state index is 0.0477. The molecule has 78 heavy (non-hydrogen) atoms. The number of nitrogens with one attached hydrogen (secondary N) is 3. The number of fused-ring (bicyclic) bond motifs is 2. The summed E-state index contributed by atoms with van der Waals surface area (Å²) in [5, 5.41) is 18.6. The number of hydrogen-bond acceptors (Lipinski definition) is 23. The van der Waals surface area contributed by atoms with Gasteiger partial charge in [0.2, 0.25) is 17.2 Å². The van der Waals surface area contributed by atoms with Crippen molar-refractivity contribution < 1.29 is 60.5 Å². The fourth-order valence-electron chi connectivity index (χ4n) is 8.65. The van der Waals surface area contributed by atoms with Gasteiger partial charge in [-0.1, -0.05) is 48.5 Å². The van der Waals surface area contributed by atoms with Gasteiger partial charge in [0, 0.05) is 54.5 Å². The van der Waals surface area contributed by atoms with Gasteiger partial charge in [-0.15, -0.1) is 0 Å². The molecule has 0 spiro atoms. The SMILES string of the molecule is Nc1ncnc2c1ncn2C1CCC(CNS(=O)NC(=O)CCC(=O)c2ccccc2-c2c(O)c(=O)c2=O)O1.Nc1ncnc2c1ncn2C1CCC(COS(=O)NC(=O)CCC(=O)c2ccccc2C2=C(O)C(=O)S2=O)O1. The minimum atomic E-state index is -2.16. The molecule has 3 aromatic carbocycles. The van der Waals surface area contributed by atoms with Gasteiger partial charge in [0.15, 0.2) is 57.2 Å². The molecule has 10 rings (SSSR count). The number of aliphatic hydroxyl groups excluding tert-OH is 1. The van der Waals surface area contributed by atoms with Gasteiger partial charge < -0.3 is 31.2 Å². The number of carbonyl (C=O) groups excluding carboxylic acids is 5. The van der Waals surface area contributed by atoms with Gasteiger partial charge in [0.05, 0.1) is 37.0 Å². The highest BCUT2D eigenvalue weighted by atomic mass is 32.2. The van der Waals surface area contributed by atoms with Crippen molar-refractivity contribution in [2.24, 2.45) is 0 Å². The van der Waals surface area contributed by atoms with Crippen LogP contribution in [-0.2, 0) is 61.3 Å². The van der Waals surface area contributed by atoms with Gasteiger partial charge in [-0.05, 0) is 25.7 Å². The largest absolute Gasteiger partial charge is 0.503 e. The molecule has 7 aromatic rings. The maximum Gasteiger partial charge on any atom is 0.289 e. The van der Waals surface area contributed by atoms with E-state index in [9.17, 15) is 56.4 Å². The molecule has 3 aliphatic rings. The average molecular weight is 1130 g/mol. The molecular weight excluding hydrogens is 1080 g/mol. The Morgan fingerprint density at radius 2 is 1.22 bits per heavy atom. The number of amides is 2. The fraction of sp³-hybridized carbons (Fsp3) is 0.298. The Kier molecular flexibility index (Phi) is 16.5. The molecule has 31 heteroatoms. The molecular formula is C47H45N13O15S3. The summed E-state index contributed by atoms with van der Waals surface area (Å²) in [7, 11) is -2.05. The van der Waals surface area contributed by atoms with E-state index < -0.39 is 84.1 Å². The molecule has 28 nitrogen and oxygen atoms in total. The van der Waals surface area contributed by atoms with E-state index >= 15 is 0 Å². The van der Waals surface area contributed by atoms with E-state index in [1.807, 2.05) is 0 Å². The number of ketones is 2. The van der Waals surface area contributed by atoms with Crippen molar-refractivity contribution in [2.45, 2.75) is 76.0 Å². The summed E-state index contributed by atoms with van der Waals surface area (Å²) in [5.41, 5.74) is 12.1. The number of aromatic nitrogens is 8. The highest BCUT2D eigenvalue weighted by Gasteiger charge is 2.39. The molecule has 0 saturated carbocycles. The molecule has 0 bridgehead atoms. The number of Topliss-reactive ketones (excluding diaryl/α,β-unsaturated/α-hetero) is 2. The Hall–Kier alpha value is -8.20. The second-order valence-electron chi connectivity index (χ2n) is 17.5. The zero-order chi connectivity index (χ0) is 55.4. The van der Waals surface area contributed by atoms with Crippen LogP contribution in [0.2, 0.25) is 0 Å². The number of nitrogen functional groups attached to an aromatic ring is 2. The monoisotopic (exact) mass is 1130 g/mol. The predicted molar refractivity (Wildman–Crippen MR) is 277 cm³/mol. The third-order valence-electron chi connectivity index (χ3n) is 12.5. The standard InChI is InChI=1S/C24H23N7O7S.C23H22N6O8S2/c25-23-19-24(27-10-26-23)31(11-28-19)17-8-5-12(38-17)9-29-39(37)30-16(33)7-6-15(32)13-3-1-2-4-14(13)18-20(34)22(36)21(18)35;24-21-18-22(26-10-25-21)29(11-27-18)17-8-5-12(37-17)9-36-39(35)28-16(31)7-6-15(30)13-3-1-2-4-14(13)20-19(32)23(33)38(20)34/h1-4,10-12,17,29,34H,5-9H2,(H,30,33)(H2,25,26,27);1-4,10-12,17,32H,5-9H2,(H,28,31)(H2,24,25,26). The first-order valence-corrected chi connectivity index (χ1v) is 27.0. The summed E-state index contributed by atoms with van der Waals surface area (Å²) < 4.78 is 64.3. The van der Waals surface area contributed by atoms with E-state index in [1.54, 1.807) is 46.1 Å². The second kappa shape index (κ2) is 23.6. The summed E-state index contributed by atoms with van der Waals surface area (Å²) in [4.78, 5) is 109. The Morgan fingerprint density at radius 3 is 1.79 bits per heavy atom. The molecule has 4 aromatic heterocycles. The van der Waals surface area contributed by atoms with Crippen LogP contribution in [0.15, 0.2) is 89.2 Å². The zero-order valence-corrected chi connectivity index (χ0v) is 42.9. The molecule has 7 unspecified atom stereocenters. The normalized spacial score (nSPS) is 19.8. The number of imidazole rings is 2. The number of rotatable bonds is 20. The summed E-state index contributed by atoms with van der Waals surface area (Å²) in [5.74, 6) is -3.07. The van der Waals surface area contributed by atoms with Crippen molar-refractivity contribution in [3.8, 4) is 16.9 Å². The molecule has 0 aliphatic carbocycles. The van der Waals surface area contributed by atoms with Crippen molar-refractivity contribution in [1.29, 1.82) is 0 Å². The van der Waals surface area contributed by atoms with Crippen molar-refractivity contribution in [3.05, 3.63) is 117 Å². The summed E-state index contributed by atoms with van der Waals surface area (Å²) in [6.45, 7) is 0.152. The maximum atomic E-state index is 12.7. The summed E-state index contributed by atoms with van der Waals surface area (Å²) in [6.07, 6.45) is 5.96. The number of carbonyl (C=O) groups is 5. The molecule has 2 fully saturated rings. The lowest BCUT2D eigenvalue weighted by Gasteiger charge is -2.18. The van der Waals surface area contributed by atoms with E-state index in [-0.39, 0.29) is 108 Å². The molecule has 7 heterocycles. The lowest BCUT2D eigenvalue weighted by molar-refractivity contribution is -0.120. The number of aliphatic hydroxyl groups is 1. The van der Waals surface area contributed by atoms with Gasteiger partial charge in [-0.3, -0.25) is 56.3 Å². The summed E-state index contributed by atoms with van der Waals surface area (Å²) in [6, 6.07) is 12.0. The Balaban J connectivity index is 0.000000190. The van der Waals surface area contributed by atoms with E-state index in [1.165, 1.54) is 36.9 Å². The van der Waals surface area contributed by atoms with E-state index in [0.29, 0.717) is 48.0 Å². The van der Waals surface area contributed by atoms with E-state index in [4.69, 9.17) is 25.1 Å². The molecule has 9 N–H and O–H groups in total. The van der Waals surface area contributed by atoms with Crippen LogP contribution >= 0.6 is 0 Å². The third kappa shape index (κ3) is 11.6. The van der Waals surface area contributed by atoms with Crippen LogP contribution in [0.3, 0.4) is 0 Å². The molecule has 7 atom stereocenters. The minimum Gasteiger partial charge on any atom is -0.503 e. The molecule has 0 radical (unpaired) electrons. The van der Waals surface area contributed by atoms with Crippen molar-refractivity contribution in [2.75, 3.05) is 24.6 Å². The van der Waals surface area contributed by atoms with Crippen LogP contribution < -0.4 is 36.5 Å². The highest BCUT2D eigenvalue weighted by molar-refractivity contribution is 8.11. The topological polar surface area (TPSA) is 414 Å². The molecule has 2 saturated heterocycles. The maximum absolute atomic E-state index is 12.7. The van der Waals surface area contributed by atoms with Crippen molar-refractivity contribution in [3.63, 3.8) is 0 Å². The first-order valence-electron chi connectivity index (χ1n) is 23.6. The number of nitrogens with two attached hydrogens (primary N) is 2. The Labute approximate surface area is 446 Å². The lowest BCUT2D eigenvalue weighted by atomic mass is 9.92. The van der Waals surface area contributed by atoms with Crippen molar-refractivity contribution >= 4 is 101 Å². The quantitative estimate of drug-likeness (QED) is 0.0413. The van der Waals surface area contributed by atoms with E-state index in [2.05, 4.69) is 44.1 Å². The summed E-state index contributed by atoms with van der Waals surface area (Å²) >= 11 is -4.08. The molecule has 2 amide bonds. The molecule has 406 valence electrons. The van der Waals surface area contributed by atoms with Crippen LogP contribution in [-0.4, -0.2) is 116 Å². The Morgan fingerprint density at radius 1 is 0.692 bits per heavy atom. The van der Waals surface area contributed by atoms with Gasteiger partial charge >= 0.3 is 0 Å². The van der Waals surface area contributed by atoms with E-state index in [0.717, 1.165) is 0 Å². The zero-order valence-electron chi connectivity index (χ0n) is 40.5. The number of hydrogen-bond donors (Lipinski definition) is 7. The fourth-order valence-corrected chi connectivity index (χ4v) is 10.9.